The predicted molar refractivity (Wildman–Crippen MR) is 102 cm³/mol. The second-order valence-electron chi connectivity index (χ2n) is 10.5. The van der Waals surface area contributed by atoms with Gasteiger partial charge in [-0.15, -0.1) is 0 Å². The standard InChI is InChI=1S/C23H34O3/c1-13(2)11-14-12-19(25)23(4)9-7-16-15(20(14)23)5-6-17-21(26)18(24)8-10-22(16,17)3/h13-16,20,26H,5-12H2,1-4H3/t14-,15+,16-,20-,22+,23+/m0/s1. The fourth-order valence-electron chi connectivity index (χ4n) is 7.56. The first kappa shape index (κ1) is 18.3. The molecule has 0 aromatic carbocycles. The van der Waals surface area contributed by atoms with Gasteiger partial charge in [-0.2, -0.15) is 0 Å². The number of allylic oxidation sites excluding steroid dienone is 1. The Labute approximate surface area is 157 Å². The zero-order chi connectivity index (χ0) is 18.9. The summed E-state index contributed by atoms with van der Waals surface area (Å²) >= 11 is 0. The van der Waals surface area contributed by atoms with Crippen molar-refractivity contribution in [1.82, 2.24) is 0 Å². The third kappa shape index (κ3) is 2.38. The first-order valence-electron chi connectivity index (χ1n) is 10.7. The van der Waals surface area contributed by atoms with E-state index in [0.717, 1.165) is 50.5 Å². The smallest absolute Gasteiger partial charge is 0.197 e. The molecule has 0 heterocycles. The minimum absolute atomic E-state index is 0.0454. The minimum atomic E-state index is -0.134. The van der Waals surface area contributed by atoms with Crippen molar-refractivity contribution in [2.45, 2.75) is 79.1 Å². The summed E-state index contributed by atoms with van der Waals surface area (Å²) < 4.78 is 0. The van der Waals surface area contributed by atoms with Crippen LogP contribution in [-0.2, 0) is 9.59 Å². The van der Waals surface area contributed by atoms with Crippen molar-refractivity contribution in [3.63, 3.8) is 0 Å². The summed E-state index contributed by atoms with van der Waals surface area (Å²) in [4.78, 5) is 25.0. The molecule has 4 aliphatic rings. The zero-order valence-corrected chi connectivity index (χ0v) is 16.8. The highest BCUT2D eigenvalue weighted by molar-refractivity contribution is 5.95. The second kappa shape index (κ2) is 5.94. The van der Waals surface area contributed by atoms with Crippen molar-refractivity contribution < 1.29 is 14.7 Å². The van der Waals surface area contributed by atoms with Gasteiger partial charge in [0.2, 0.25) is 0 Å². The van der Waals surface area contributed by atoms with Crippen LogP contribution in [0.25, 0.3) is 0 Å². The average Bonchev–Trinajstić information content (AvgIpc) is 2.81. The average molecular weight is 359 g/mol. The lowest BCUT2D eigenvalue weighted by Crippen LogP contribution is -2.52. The van der Waals surface area contributed by atoms with Crippen molar-refractivity contribution >= 4 is 11.6 Å². The first-order valence-corrected chi connectivity index (χ1v) is 10.7. The van der Waals surface area contributed by atoms with Crippen LogP contribution in [0.4, 0.5) is 0 Å². The summed E-state index contributed by atoms with van der Waals surface area (Å²) in [7, 11) is 0. The Hall–Kier alpha value is -1.12. The summed E-state index contributed by atoms with van der Waals surface area (Å²) in [6.45, 7) is 9.08. The highest BCUT2D eigenvalue weighted by Gasteiger charge is 2.62. The number of aliphatic hydroxyl groups excluding tert-OH is 1. The van der Waals surface area contributed by atoms with Crippen LogP contribution in [0.2, 0.25) is 0 Å². The summed E-state index contributed by atoms with van der Waals surface area (Å²) in [6.07, 6.45) is 7.20. The van der Waals surface area contributed by atoms with E-state index in [1.807, 2.05) is 0 Å². The van der Waals surface area contributed by atoms with Gasteiger partial charge in [0.15, 0.2) is 11.5 Å². The molecular weight excluding hydrogens is 324 g/mol. The van der Waals surface area contributed by atoms with Crippen LogP contribution in [0.5, 0.6) is 0 Å². The van der Waals surface area contributed by atoms with Gasteiger partial charge in [-0.25, -0.2) is 0 Å². The number of aliphatic hydroxyl groups is 1. The molecular formula is C23H34O3. The van der Waals surface area contributed by atoms with E-state index in [9.17, 15) is 14.7 Å². The Morgan fingerprint density at radius 2 is 1.81 bits per heavy atom. The van der Waals surface area contributed by atoms with E-state index >= 15 is 0 Å². The number of carbonyl (C=O) groups is 2. The summed E-state index contributed by atoms with van der Waals surface area (Å²) in [5.74, 6) is 3.24. The number of Topliss-reactive ketones (excluding diaryl/α,β-unsaturated/α-hetero) is 2. The lowest BCUT2D eigenvalue weighted by molar-refractivity contribution is -0.133. The first-order chi connectivity index (χ1) is 12.2. The fraction of sp³-hybridized carbons (Fsp3) is 0.826. The topological polar surface area (TPSA) is 54.4 Å². The van der Waals surface area contributed by atoms with Crippen molar-refractivity contribution in [1.29, 1.82) is 0 Å². The molecule has 0 aromatic rings. The Balaban J connectivity index is 1.72. The Bertz CT molecular complexity index is 675. The maximum atomic E-state index is 13.0. The van der Waals surface area contributed by atoms with Crippen LogP contribution in [0, 0.1) is 40.4 Å². The molecule has 6 atom stereocenters. The molecule has 0 saturated heterocycles. The molecule has 4 aliphatic carbocycles. The van der Waals surface area contributed by atoms with E-state index in [4.69, 9.17) is 0 Å². The number of carbonyl (C=O) groups excluding carboxylic acids is 2. The molecule has 1 N–H and O–H groups in total. The Morgan fingerprint density at radius 3 is 2.50 bits per heavy atom. The predicted octanol–water partition coefficient (Wildman–Crippen LogP) is 5.25. The van der Waals surface area contributed by atoms with E-state index in [1.165, 1.54) is 0 Å². The van der Waals surface area contributed by atoms with Gasteiger partial charge in [0.1, 0.15) is 5.78 Å². The molecule has 0 unspecified atom stereocenters. The maximum absolute atomic E-state index is 13.0. The monoisotopic (exact) mass is 358 g/mol. The molecule has 0 aliphatic heterocycles. The number of rotatable bonds is 2. The van der Waals surface area contributed by atoms with Crippen LogP contribution < -0.4 is 0 Å². The number of hydrogen-bond acceptors (Lipinski definition) is 3. The zero-order valence-electron chi connectivity index (χ0n) is 16.8. The van der Waals surface area contributed by atoms with Gasteiger partial charge < -0.3 is 5.11 Å². The molecule has 0 radical (unpaired) electrons. The van der Waals surface area contributed by atoms with Crippen molar-refractivity contribution in [2.24, 2.45) is 40.4 Å². The van der Waals surface area contributed by atoms with Gasteiger partial charge >= 0.3 is 0 Å². The van der Waals surface area contributed by atoms with E-state index in [2.05, 4.69) is 27.7 Å². The fourth-order valence-corrected chi connectivity index (χ4v) is 7.56. The van der Waals surface area contributed by atoms with Gasteiger partial charge in [0.05, 0.1) is 0 Å². The summed E-state index contributed by atoms with van der Waals surface area (Å²) in [5, 5.41) is 10.5. The number of ketones is 2. The van der Waals surface area contributed by atoms with Gasteiger partial charge in [0, 0.05) is 18.3 Å². The molecule has 0 spiro atoms. The van der Waals surface area contributed by atoms with Gasteiger partial charge in [-0.1, -0.05) is 27.7 Å². The Kier molecular flexibility index (Phi) is 4.17. The van der Waals surface area contributed by atoms with Gasteiger partial charge in [0.25, 0.3) is 0 Å². The molecule has 144 valence electrons. The summed E-state index contributed by atoms with van der Waals surface area (Å²) in [6, 6.07) is 0. The minimum Gasteiger partial charge on any atom is -0.504 e. The molecule has 3 fully saturated rings. The van der Waals surface area contributed by atoms with Crippen molar-refractivity contribution in [3.05, 3.63) is 11.3 Å². The molecule has 0 amide bonds. The lowest BCUT2D eigenvalue weighted by Gasteiger charge is -2.57. The largest absolute Gasteiger partial charge is 0.504 e. The highest BCUT2D eigenvalue weighted by atomic mass is 16.3. The van der Waals surface area contributed by atoms with E-state index in [0.29, 0.717) is 41.8 Å². The Morgan fingerprint density at radius 1 is 1.08 bits per heavy atom. The molecule has 0 aromatic heterocycles. The third-order valence-corrected chi connectivity index (χ3v) is 8.71. The van der Waals surface area contributed by atoms with Gasteiger partial charge in [-0.3, -0.25) is 9.59 Å². The maximum Gasteiger partial charge on any atom is 0.197 e. The highest BCUT2D eigenvalue weighted by Crippen LogP contribution is 2.66. The molecule has 3 nitrogen and oxygen atoms in total. The number of hydrogen-bond donors (Lipinski definition) is 1. The van der Waals surface area contributed by atoms with Crippen LogP contribution in [-0.4, -0.2) is 16.7 Å². The normalized spacial score (nSPS) is 45.6. The van der Waals surface area contributed by atoms with Crippen molar-refractivity contribution in [2.75, 3.05) is 0 Å². The second-order valence-corrected chi connectivity index (χ2v) is 10.5. The van der Waals surface area contributed by atoms with Crippen LogP contribution in [0.15, 0.2) is 11.3 Å². The summed E-state index contributed by atoms with van der Waals surface area (Å²) in [5.41, 5.74) is 0.851. The molecule has 0 bridgehead atoms. The van der Waals surface area contributed by atoms with E-state index < -0.39 is 0 Å². The van der Waals surface area contributed by atoms with Crippen LogP contribution >= 0.6 is 0 Å². The molecule has 26 heavy (non-hydrogen) atoms. The SMILES string of the molecule is CC(C)C[C@H]1CC(=O)[C@@]2(C)CC[C@H]3[C@@H](CCC4=C(O)C(=O)CC[C@@]43C)[C@H]12. The number of fused-ring (bicyclic) bond motifs is 5. The lowest BCUT2D eigenvalue weighted by atomic mass is 9.46. The van der Waals surface area contributed by atoms with Gasteiger partial charge in [-0.05, 0) is 79.1 Å². The quantitative estimate of drug-likeness (QED) is 0.734. The van der Waals surface area contributed by atoms with Crippen molar-refractivity contribution in [3.8, 4) is 0 Å². The molecule has 3 heteroatoms. The van der Waals surface area contributed by atoms with E-state index in [-0.39, 0.29) is 22.4 Å². The van der Waals surface area contributed by atoms with E-state index in [1.54, 1.807) is 0 Å². The van der Waals surface area contributed by atoms with Crippen LogP contribution in [0.3, 0.4) is 0 Å². The molecule has 3 saturated carbocycles. The van der Waals surface area contributed by atoms with Crippen LogP contribution in [0.1, 0.15) is 79.1 Å². The third-order valence-electron chi connectivity index (χ3n) is 8.71. The molecule has 4 rings (SSSR count).